The first-order chi connectivity index (χ1) is 6.42. The van der Waals surface area contributed by atoms with Gasteiger partial charge in [-0.3, -0.25) is 0 Å². The van der Waals surface area contributed by atoms with Crippen molar-refractivity contribution in [1.29, 1.82) is 0 Å². The molecule has 1 heterocycles. The minimum absolute atomic E-state index is 0.971. The fourth-order valence-corrected chi connectivity index (χ4v) is 1.89. The van der Waals surface area contributed by atoms with Crippen molar-refractivity contribution in [3.05, 3.63) is 17.0 Å². The van der Waals surface area contributed by atoms with E-state index in [4.69, 9.17) is 4.52 Å². The number of aryl methyl sites for hydroxylation is 1. The number of nitrogens with zero attached hydrogens (tertiary/aromatic N) is 1. The van der Waals surface area contributed by atoms with Crippen molar-refractivity contribution in [3.8, 4) is 0 Å². The molecule has 0 bridgehead atoms. The summed E-state index contributed by atoms with van der Waals surface area (Å²) >= 11 is 0. The number of likely N-dealkylation sites (N-methyl/N-ethyl adjacent to an activating group) is 1. The molecule has 0 saturated heterocycles. The Hall–Kier alpha value is -0.830. The molecule has 3 nitrogen and oxygen atoms in total. The fourth-order valence-electron chi connectivity index (χ4n) is 1.89. The summed E-state index contributed by atoms with van der Waals surface area (Å²) in [5.41, 5.74) is 2.60. The SMILES string of the molecule is CNCCc1onc2c1CCCC2. The Bertz CT molecular complexity index is 280. The third kappa shape index (κ3) is 1.75. The predicted molar refractivity (Wildman–Crippen MR) is 50.8 cm³/mol. The van der Waals surface area contributed by atoms with Gasteiger partial charge in [0.25, 0.3) is 0 Å². The van der Waals surface area contributed by atoms with Crippen molar-refractivity contribution in [2.45, 2.75) is 32.1 Å². The average molecular weight is 180 g/mol. The van der Waals surface area contributed by atoms with E-state index in [0.717, 1.165) is 31.6 Å². The Balaban J connectivity index is 2.12. The van der Waals surface area contributed by atoms with Gasteiger partial charge in [-0.25, -0.2) is 0 Å². The van der Waals surface area contributed by atoms with Gasteiger partial charge >= 0.3 is 0 Å². The van der Waals surface area contributed by atoms with Crippen molar-refractivity contribution in [3.63, 3.8) is 0 Å². The third-order valence-electron chi connectivity index (χ3n) is 2.64. The Morgan fingerprint density at radius 1 is 1.38 bits per heavy atom. The monoisotopic (exact) mass is 180 g/mol. The molecule has 0 aromatic carbocycles. The van der Waals surface area contributed by atoms with E-state index >= 15 is 0 Å². The van der Waals surface area contributed by atoms with E-state index in [1.54, 1.807) is 0 Å². The molecule has 3 heteroatoms. The molecule has 0 saturated carbocycles. The molecule has 0 spiro atoms. The van der Waals surface area contributed by atoms with Crippen LogP contribution in [0.15, 0.2) is 4.52 Å². The molecule has 1 N–H and O–H groups in total. The molecule has 0 aliphatic heterocycles. The van der Waals surface area contributed by atoms with Crippen molar-refractivity contribution in [2.75, 3.05) is 13.6 Å². The van der Waals surface area contributed by atoms with Crippen LogP contribution in [0.25, 0.3) is 0 Å². The van der Waals surface area contributed by atoms with E-state index < -0.39 is 0 Å². The van der Waals surface area contributed by atoms with Crippen molar-refractivity contribution < 1.29 is 4.52 Å². The highest BCUT2D eigenvalue weighted by Crippen LogP contribution is 2.23. The van der Waals surface area contributed by atoms with Crippen LogP contribution >= 0.6 is 0 Å². The summed E-state index contributed by atoms with van der Waals surface area (Å²) < 4.78 is 5.33. The van der Waals surface area contributed by atoms with Crippen LogP contribution in [-0.4, -0.2) is 18.7 Å². The van der Waals surface area contributed by atoms with Gasteiger partial charge in [-0.1, -0.05) is 5.16 Å². The second-order valence-electron chi connectivity index (χ2n) is 3.59. The summed E-state index contributed by atoms with van der Waals surface area (Å²) in [6, 6.07) is 0. The van der Waals surface area contributed by atoms with E-state index in [9.17, 15) is 0 Å². The minimum atomic E-state index is 0.971. The largest absolute Gasteiger partial charge is 0.361 e. The van der Waals surface area contributed by atoms with E-state index in [0.29, 0.717) is 0 Å². The second kappa shape index (κ2) is 3.92. The normalized spacial score (nSPS) is 15.8. The van der Waals surface area contributed by atoms with Crippen LogP contribution in [0.3, 0.4) is 0 Å². The van der Waals surface area contributed by atoms with E-state index in [2.05, 4.69) is 10.5 Å². The van der Waals surface area contributed by atoms with Gasteiger partial charge in [-0.15, -0.1) is 0 Å². The van der Waals surface area contributed by atoms with E-state index in [-0.39, 0.29) is 0 Å². The molecule has 0 radical (unpaired) electrons. The maximum absolute atomic E-state index is 5.33. The van der Waals surface area contributed by atoms with Crippen molar-refractivity contribution >= 4 is 0 Å². The number of hydrogen-bond acceptors (Lipinski definition) is 3. The molecule has 0 amide bonds. The van der Waals surface area contributed by atoms with Crippen LogP contribution in [0.4, 0.5) is 0 Å². The van der Waals surface area contributed by atoms with Gasteiger partial charge in [0.2, 0.25) is 0 Å². The zero-order valence-electron chi connectivity index (χ0n) is 8.10. The lowest BCUT2D eigenvalue weighted by molar-refractivity contribution is 0.376. The summed E-state index contributed by atoms with van der Waals surface area (Å²) in [6.07, 6.45) is 5.81. The standard InChI is InChI=1S/C10H16N2O/c1-11-7-6-10-8-4-2-3-5-9(8)12-13-10/h11H,2-7H2,1H3. The summed E-state index contributed by atoms with van der Waals surface area (Å²) in [5, 5.41) is 7.23. The summed E-state index contributed by atoms with van der Waals surface area (Å²) in [7, 11) is 1.96. The third-order valence-corrected chi connectivity index (χ3v) is 2.64. The lowest BCUT2D eigenvalue weighted by atomic mass is 9.95. The quantitative estimate of drug-likeness (QED) is 0.762. The van der Waals surface area contributed by atoms with Gasteiger partial charge in [0.05, 0.1) is 5.69 Å². The Morgan fingerprint density at radius 3 is 3.08 bits per heavy atom. The molecular weight excluding hydrogens is 164 g/mol. The first kappa shape index (κ1) is 8.75. The summed E-state index contributed by atoms with van der Waals surface area (Å²) in [4.78, 5) is 0. The highest BCUT2D eigenvalue weighted by atomic mass is 16.5. The minimum Gasteiger partial charge on any atom is -0.361 e. The maximum Gasteiger partial charge on any atom is 0.141 e. The first-order valence-corrected chi connectivity index (χ1v) is 5.02. The molecule has 1 aromatic rings. The van der Waals surface area contributed by atoms with Crippen LogP contribution in [0, 0.1) is 0 Å². The topological polar surface area (TPSA) is 38.1 Å². The first-order valence-electron chi connectivity index (χ1n) is 5.02. The molecular formula is C10H16N2O. The van der Waals surface area contributed by atoms with Gasteiger partial charge in [-0.2, -0.15) is 0 Å². The molecule has 0 atom stereocenters. The number of hydrogen-bond donors (Lipinski definition) is 1. The Kier molecular flexibility index (Phi) is 2.64. The number of aromatic nitrogens is 1. The molecule has 0 unspecified atom stereocenters. The predicted octanol–water partition coefficient (Wildman–Crippen LogP) is 1.32. The van der Waals surface area contributed by atoms with Gasteiger partial charge in [0.15, 0.2) is 0 Å². The zero-order valence-corrected chi connectivity index (χ0v) is 8.10. The highest BCUT2D eigenvalue weighted by molar-refractivity contribution is 5.25. The Labute approximate surface area is 78.5 Å². The number of nitrogens with one attached hydrogen (secondary N) is 1. The van der Waals surface area contributed by atoms with Gasteiger partial charge < -0.3 is 9.84 Å². The highest BCUT2D eigenvalue weighted by Gasteiger charge is 2.18. The molecule has 72 valence electrons. The van der Waals surface area contributed by atoms with Crippen LogP contribution in [0.5, 0.6) is 0 Å². The van der Waals surface area contributed by atoms with E-state index in [1.165, 1.54) is 24.1 Å². The maximum atomic E-state index is 5.33. The van der Waals surface area contributed by atoms with Crippen LogP contribution in [-0.2, 0) is 19.3 Å². The molecule has 0 fully saturated rings. The van der Waals surface area contributed by atoms with Crippen molar-refractivity contribution in [2.24, 2.45) is 0 Å². The average Bonchev–Trinajstić information content (AvgIpc) is 2.58. The molecule has 1 aromatic heterocycles. The molecule has 1 aliphatic rings. The zero-order chi connectivity index (χ0) is 9.10. The summed E-state index contributed by atoms with van der Waals surface area (Å²) in [5.74, 6) is 1.10. The second-order valence-corrected chi connectivity index (χ2v) is 3.59. The van der Waals surface area contributed by atoms with Gasteiger partial charge in [0, 0.05) is 18.5 Å². The summed E-state index contributed by atoms with van der Waals surface area (Å²) in [6.45, 7) is 0.974. The Morgan fingerprint density at radius 2 is 2.23 bits per heavy atom. The molecule has 2 rings (SSSR count). The van der Waals surface area contributed by atoms with Crippen LogP contribution in [0.2, 0.25) is 0 Å². The van der Waals surface area contributed by atoms with Gasteiger partial charge in [0.1, 0.15) is 5.76 Å². The van der Waals surface area contributed by atoms with E-state index in [1.807, 2.05) is 7.05 Å². The van der Waals surface area contributed by atoms with Crippen molar-refractivity contribution in [1.82, 2.24) is 10.5 Å². The molecule has 1 aliphatic carbocycles. The number of rotatable bonds is 3. The lowest BCUT2D eigenvalue weighted by Crippen LogP contribution is -2.11. The van der Waals surface area contributed by atoms with Crippen LogP contribution < -0.4 is 5.32 Å². The smallest absolute Gasteiger partial charge is 0.141 e. The lowest BCUT2D eigenvalue weighted by Gasteiger charge is -2.08. The molecule has 13 heavy (non-hydrogen) atoms. The number of fused-ring (bicyclic) bond motifs is 1. The van der Waals surface area contributed by atoms with Crippen LogP contribution in [0.1, 0.15) is 29.9 Å². The van der Waals surface area contributed by atoms with Gasteiger partial charge in [-0.05, 0) is 32.7 Å². The fraction of sp³-hybridized carbons (Fsp3) is 0.700.